The number of terminal acetylenes is 2. The smallest absolute Gasteiger partial charge is 0.113 e. The second kappa shape index (κ2) is 2.13. The molecule has 1 aliphatic heterocycles. The highest BCUT2D eigenvalue weighted by Gasteiger charge is 2.42. The lowest BCUT2D eigenvalue weighted by Crippen LogP contribution is -2.07. The van der Waals surface area contributed by atoms with E-state index in [0.29, 0.717) is 12.8 Å². The zero-order valence-electron chi connectivity index (χ0n) is 5.18. The van der Waals surface area contributed by atoms with Crippen molar-refractivity contribution in [2.45, 2.75) is 18.4 Å². The Balaban J connectivity index is 2.38. The average Bonchev–Trinajstić information content (AvgIpc) is 2.51. The Morgan fingerprint density at radius 1 is 1.33 bits per heavy atom. The second-order valence-corrected chi connectivity index (χ2v) is 2.23. The van der Waals surface area contributed by atoms with Crippen LogP contribution in [0.25, 0.3) is 0 Å². The van der Waals surface area contributed by atoms with Gasteiger partial charge in [-0.1, -0.05) is 0 Å². The summed E-state index contributed by atoms with van der Waals surface area (Å²) in [6.07, 6.45) is 11.5. The van der Waals surface area contributed by atoms with Gasteiger partial charge in [-0.2, -0.15) is 0 Å². The van der Waals surface area contributed by atoms with Gasteiger partial charge in [0.15, 0.2) is 0 Å². The van der Waals surface area contributed by atoms with E-state index in [1.54, 1.807) is 0 Å². The Morgan fingerprint density at radius 3 is 2.00 bits per heavy atom. The van der Waals surface area contributed by atoms with Gasteiger partial charge < -0.3 is 4.74 Å². The number of ether oxygens (including phenoxy) is 1. The zero-order chi connectivity index (χ0) is 6.74. The SMILES string of the molecule is C#CCC1(CC#C)CO1. The molecular weight excluding hydrogens is 112 g/mol. The first kappa shape index (κ1) is 6.20. The van der Waals surface area contributed by atoms with Crippen LogP contribution in [0, 0.1) is 24.7 Å². The molecule has 1 heterocycles. The molecule has 0 aromatic heterocycles. The minimum atomic E-state index is -0.122. The van der Waals surface area contributed by atoms with E-state index in [-0.39, 0.29) is 5.60 Å². The maximum atomic E-state index is 5.09. The molecule has 0 aromatic rings. The average molecular weight is 120 g/mol. The van der Waals surface area contributed by atoms with Crippen LogP contribution in [0.15, 0.2) is 0 Å². The zero-order valence-corrected chi connectivity index (χ0v) is 5.18. The second-order valence-electron chi connectivity index (χ2n) is 2.23. The van der Waals surface area contributed by atoms with Crippen molar-refractivity contribution in [3.63, 3.8) is 0 Å². The summed E-state index contributed by atoms with van der Waals surface area (Å²) in [5.41, 5.74) is -0.122. The first-order valence-corrected chi connectivity index (χ1v) is 2.84. The summed E-state index contributed by atoms with van der Waals surface area (Å²) in [6.45, 7) is 0.738. The molecule has 1 aliphatic rings. The van der Waals surface area contributed by atoms with E-state index in [1.807, 2.05) is 0 Å². The molecule has 0 unspecified atom stereocenters. The van der Waals surface area contributed by atoms with Crippen LogP contribution >= 0.6 is 0 Å². The molecule has 0 radical (unpaired) electrons. The topological polar surface area (TPSA) is 12.5 Å². The fraction of sp³-hybridized carbons (Fsp3) is 0.500. The molecular formula is C8H8O. The molecule has 0 saturated carbocycles. The molecule has 0 bridgehead atoms. The van der Waals surface area contributed by atoms with Gasteiger partial charge in [-0.25, -0.2) is 0 Å². The highest BCUT2D eigenvalue weighted by Crippen LogP contribution is 2.33. The fourth-order valence-corrected chi connectivity index (χ4v) is 0.741. The van der Waals surface area contributed by atoms with Crippen molar-refractivity contribution >= 4 is 0 Å². The summed E-state index contributed by atoms with van der Waals surface area (Å²) < 4.78 is 5.09. The van der Waals surface area contributed by atoms with Crippen LogP contribution in [0.3, 0.4) is 0 Å². The third-order valence-corrected chi connectivity index (χ3v) is 1.40. The number of rotatable bonds is 2. The lowest BCUT2D eigenvalue weighted by Gasteiger charge is -1.99. The van der Waals surface area contributed by atoms with Gasteiger partial charge in [0.25, 0.3) is 0 Å². The van der Waals surface area contributed by atoms with E-state index >= 15 is 0 Å². The van der Waals surface area contributed by atoms with Gasteiger partial charge in [-0.15, -0.1) is 24.7 Å². The molecule has 0 aromatic carbocycles. The number of epoxide rings is 1. The summed E-state index contributed by atoms with van der Waals surface area (Å²) in [4.78, 5) is 0. The predicted molar refractivity (Wildman–Crippen MR) is 35.6 cm³/mol. The molecule has 1 fully saturated rings. The van der Waals surface area contributed by atoms with Crippen molar-refractivity contribution in [3.05, 3.63) is 0 Å². The highest BCUT2D eigenvalue weighted by atomic mass is 16.6. The Hall–Kier alpha value is -0.920. The molecule has 0 aliphatic carbocycles. The van der Waals surface area contributed by atoms with Crippen molar-refractivity contribution in [1.82, 2.24) is 0 Å². The Morgan fingerprint density at radius 2 is 1.78 bits per heavy atom. The molecule has 9 heavy (non-hydrogen) atoms. The van der Waals surface area contributed by atoms with Crippen molar-refractivity contribution in [1.29, 1.82) is 0 Å². The highest BCUT2D eigenvalue weighted by molar-refractivity contribution is 5.09. The normalized spacial score (nSPS) is 19.8. The maximum Gasteiger partial charge on any atom is 0.113 e. The Labute approximate surface area is 55.4 Å². The third-order valence-electron chi connectivity index (χ3n) is 1.40. The molecule has 0 N–H and O–H groups in total. The molecule has 1 rings (SSSR count). The number of hydrogen-bond acceptors (Lipinski definition) is 1. The monoisotopic (exact) mass is 120 g/mol. The minimum Gasteiger partial charge on any atom is -0.368 e. The summed E-state index contributed by atoms with van der Waals surface area (Å²) >= 11 is 0. The molecule has 1 nitrogen and oxygen atoms in total. The summed E-state index contributed by atoms with van der Waals surface area (Å²) in [6, 6.07) is 0. The lowest BCUT2D eigenvalue weighted by atomic mass is 10.0. The molecule has 1 saturated heterocycles. The maximum absolute atomic E-state index is 5.09. The van der Waals surface area contributed by atoms with Crippen LogP contribution in [0.2, 0.25) is 0 Å². The van der Waals surface area contributed by atoms with Gasteiger partial charge in [0.1, 0.15) is 5.60 Å². The van der Waals surface area contributed by atoms with Gasteiger partial charge in [0.05, 0.1) is 6.61 Å². The molecule has 1 heteroatoms. The van der Waals surface area contributed by atoms with Crippen molar-refractivity contribution < 1.29 is 4.74 Å². The predicted octanol–water partition coefficient (Wildman–Crippen LogP) is 0.802. The lowest BCUT2D eigenvalue weighted by molar-refractivity contribution is 0.313. The molecule has 0 amide bonds. The van der Waals surface area contributed by atoms with Crippen molar-refractivity contribution in [3.8, 4) is 24.7 Å². The van der Waals surface area contributed by atoms with Crippen LogP contribution < -0.4 is 0 Å². The van der Waals surface area contributed by atoms with Gasteiger partial charge >= 0.3 is 0 Å². The Bertz CT molecular complexity index is 158. The van der Waals surface area contributed by atoms with Crippen LogP contribution in [0.1, 0.15) is 12.8 Å². The van der Waals surface area contributed by atoms with E-state index in [2.05, 4.69) is 11.8 Å². The third kappa shape index (κ3) is 1.25. The van der Waals surface area contributed by atoms with Crippen LogP contribution in [0.4, 0.5) is 0 Å². The van der Waals surface area contributed by atoms with Gasteiger partial charge in [0, 0.05) is 12.8 Å². The van der Waals surface area contributed by atoms with E-state index in [9.17, 15) is 0 Å². The van der Waals surface area contributed by atoms with Crippen LogP contribution in [-0.2, 0) is 4.74 Å². The van der Waals surface area contributed by atoms with E-state index in [1.165, 1.54) is 0 Å². The van der Waals surface area contributed by atoms with Gasteiger partial charge in [-0.3, -0.25) is 0 Å². The van der Waals surface area contributed by atoms with Gasteiger partial charge in [-0.05, 0) is 0 Å². The largest absolute Gasteiger partial charge is 0.368 e. The summed E-state index contributed by atoms with van der Waals surface area (Å²) in [5.74, 6) is 5.07. The van der Waals surface area contributed by atoms with E-state index < -0.39 is 0 Å². The van der Waals surface area contributed by atoms with E-state index in [4.69, 9.17) is 17.6 Å². The minimum absolute atomic E-state index is 0.122. The van der Waals surface area contributed by atoms with Crippen molar-refractivity contribution in [2.24, 2.45) is 0 Å². The first-order chi connectivity index (χ1) is 4.33. The summed E-state index contributed by atoms with van der Waals surface area (Å²) in [7, 11) is 0. The quantitative estimate of drug-likeness (QED) is 0.388. The molecule has 46 valence electrons. The van der Waals surface area contributed by atoms with Crippen LogP contribution in [-0.4, -0.2) is 12.2 Å². The fourth-order valence-electron chi connectivity index (χ4n) is 0.741. The molecule has 0 atom stereocenters. The van der Waals surface area contributed by atoms with E-state index in [0.717, 1.165) is 6.61 Å². The first-order valence-electron chi connectivity index (χ1n) is 2.84. The molecule has 0 spiro atoms. The van der Waals surface area contributed by atoms with Crippen molar-refractivity contribution in [2.75, 3.05) is 6.61 Å². The number of hydrogen-bond donors (Lipinski definition) is 0. The standard InChI is InChI=1S/C8H8O/c1-3-5-8(6-4-2)7-9-8/h1-2H,5-7H2. The Kier molecular flexibility index (Phi) is 1.47. The van der Waals surface area contributed by atoms with Crippen LogP contribution in [0.5, 0.6) is 0 Å². The summed E-state index contributed by atoms with van der Waals surface area (Å²) in [5, 5.41) is 0. The van der Waals surface area contributed by atoms with Gasteiger partial charge in [0.2, 0.25) is 0 Å².